The van der Waals surface area contributed by atoms with Gasteiger partial charge < -0.3 is 0 Å². The average Bonchev–Trinajstić information content (AvgIpc) is 2.82. The monoisotopic (exact) mass is 236 g/mol. The third-order valence-electron chi connectivity index (χ3n) is 3.88. The maximum Gasteiger partial charge on any atom is 0.0257 e. The Bertz CT molecular complexity index is 309. The Balaban J connectivity index is 1.97. The summed E-state index contributed by atoms with van der Waals surface area (Å²) in [6, 6.07) is 8.91. The zero-order valence-corrected chi connectivity index (χ0v) is 10.8. The SMILES string of the molecule is Cc1ccc(CC(CCl)C2CCCC2)cc1. The number of rotatable bonds is 4. The Hall–Kier alpha value is -0.490. The molecule has 16 heavy (non-hydrogen) atoms. The lowest BCUT2D eigenvalue weighted by Gasteiger charge is -2.21. The molecule has 0 bridgehead atoms. The minimum Gasteiger partial charge on any atom is -0.126 e. The summed E-state index contributed by atoms with van der Waals surface area (Å²) in [5, 5.41) is 0. The summed E-state index contributed by atoms with van der Waals surface area (Å²) >= 11 is 6.13. The van der Waals surface area contributed by atoms with Crippen LogP contribution in [0.25, 0.3) is 0 Å². The van der Waals surface area contributed by atoms with Gasteiger partial charge >= 0.3 is 0 Å². The Morgan fingerprint density at radius 3 is 2.38 bits per heavy atom. The highest BCUT2D eigenvalue weighted by Gasteiger charge is 2.24. The van der Waals surface area contributed by atoms with Crippen LogP contribution >= 0.6 is 11.6 Å². The molecule has 0 amide bonds. The van der Waals surface area contributed by atoms with Crippen molar-refractivity contribution in [2.24, 2.45) is 11.8 Å². The predicted octanol–water partition coefficient (Wildman–Crippen LogP) is 4.58. The molecular weight excluding hydrogens is 216 g/mol. The second kappa shape index (κ2) is 5.72. The van der Waals surface area contributed by atoms with Crippen molar-refractivity contribution in [3.8, 4) is 0 Å². The van der Waals surface area contributed by atoms with Gasteiger partial charge in [-0.25, -0.2) is 0 Å². The van der Waals surface area contributed by atoms with Crippen LogP contribution in [0, 0.1) is 18.8 Å². The molecule has 1 aliphatic carbocycles. The van der Waals surface area contributed by atoms with Gasteiger partial charge in [-0.15, -0.1) is 11.6 Å². The number of alkyl halides is 1. The fourth-order valence-corrected chi connectivity index (χ4v) is 3.16. The largest absolute Gasteiger partial charge is 0.126 e. The summed E-state index contributed by atoms with van der Waals surface area (Å²) in [7, 11) is 0. The number of aryl methyl sites for hydroxylation is 1. The molecule has 1 aromatic rings. The van der Waals surface area contributed by atoms with Crippen LogP contribution in [0.2, 0.25) is 0 Å². The van der Waals surface area contributed by atoms with E-state index in [-0.39, 0.29) is 0 Å². The molecule has 1 atom stereocenters. The molecule has 1 saturated carbocycles. The second-order valence-electron chi connectivity index (χ2n) is 5.15. The lowest BCUT2D eigenvalue weighted by molar-refractivity contribution is 0.369. The van der Waals surface area contributed by atoms with Crippen molar-refractivity contribution in [3.05, 3.63) is 35.4 Å². The summed E-state index contributed by atoms with van der Waals surface area (Å²) in [5.41, 5.74) is 2.79. The number of benzene rings is 1. The van der Waals surface area contributed by atoms with E-state index in [0.29, 0.717) is 5.92 Å². The van der Waals surface area contributed by atoms with Crippen LogP contribution in [0.5, 0.6) is 0 Å². The van der Waals surface area contributed by atoms with Gasteiger partial charge in [-0.3, -0.25) is 0 Å². The van der Waals surface area contributed by atoms with Gasteiger partial charge in [-0.2, -0.15) is 0 Å². The minimum atomic E-state index is 0.687. The molecule has 0 heterocycles. The third-order valence-corrected chi connectivity index (χ3v) is 4.28. The van der Waals surface area contributed by atoms with Crippen molar-refractivity contribution in [1.29, 1.82) is 0 Å². The first kappa shape index (κ1) is 12.0. The van der Waals surface area contributed by atoms with Gasteiger partial charge in [-0.1, -0.05) is 55.5 Å². The van der Waals surface area contributed by atoms with E-state index in [0.717, 1.165) is 18.2 Å². The van der Waals surface area contributed by atoms with Gasteiger partial charge in [0.2, 0.25) is 0 Å². The Labute approximate surface area is 104 Å². The van der Waals surface area contributed by atoms with E-state index in [1.165, 1.54) is 36.8 Å². The highest BCUT2D eigenvalue weighted by Crippen LogP contribution is 2.33. The maximum atomic E-state index is 6.13. The smallest absolute Gasteiger partial charge is 0.0257 e. The molecule has 0 nitrogen and oxygen atoms in total. The topological polar surface area (TPSA) is 0 Å². The van der Waals surface area contributed by atoms with Crippen molar-refractivity contribution in [1.82, 2.24) is 0 Å². The van der Waals surface area contributed by atoms with Gasteiger partial charge in [-0.05, 0) is 30.7 Å². The number of halogens is 1. The van der Waals surface area contributed by atoms with E-state index in [4.69, 9.17) is 11.6 Å². The van der Waals surface area contributed by atoms with Crippen LogP contribution in [-0.4, -0.2) is 5.88 Å². The first-order chi connectivity index (χ1) is 7.79. The maximum absolute atomic E-state index is 6.13. The normalized spacial score (nSPS) is 18.9. The van der Waals surface area contributed by atoms with Gasteiger partial charge in [0.15, 0.2) is 0 Å². The predicted molar refractivity (Wildman–Crippen MR) is 71.1 cm³/mol. The Kier molecular flexibility index (Phi) is 4.29. The summed E-state index contributed by atoms with van der Waals surface area (Å²) in [5.74, 6) is 2.38. The molecular formula is C15H21Cl. The van der Waals surface area contributed by atoms with E-state index in [2.05, 4.69) is 31.2 Å². The van der Waals surface area contributed by atoms with E-state index in [1.54, 1.807) is 0 Å². The Morgan fingerprint density at radius 2 is 1.81 bits per heavy atom. The standard InChI is InChI=1S/C15H21Cl/c1-12-6-8-13(9-7-12)10-15(11-16)14-4-2-3-5-14/h6-9,14-15H,2-5,10-11H2,1H3. The third kappa shape index (κ3) is 3.01. The van der Waals surface area contributed by atoms with E-state index in [9.17, 15) is 0 Å². The van der Waals surface area contributed by atoms with Crippen molar-refractivity contribution in [2.45, 2.75) is 39.0 Å². The highest BCUT2D eigenvalue weighted by atomic mass is 35.5. The number of hydrogen-bond acceptors (Lipinski definition) is 0. The Morgan fingerprint density at radius 1 is 1.19 bits per heavy atom. The fraction of sp³-hybridized carbons (Fsp3) is 0.600. The summed E-state index contributed by atoms with van der Waals surface area (Å²) in [6.07, 6.45) is 6.76. The summed E-state index contributed by atoms with van der Waals surface area (Å²) < 4.78 is 0. The van der Waals surface area contributed by atoms with E-state index < -0.39 is 0 Å². The van der Waals surface area contributed by atoms with Crippen molar-refractivity contribution >= 4 is 11.6 Å². The molecule has 88 valence electrons. The zero-order valence-electron chi connectivity index (χ0n) is 10.1. The molecule has 1 aliphatic rings. The summed E-state index contributed by atoms with van der Waals surface area (Å²) in [4.78, 5) is 0. The van der Waals surface area contributed by atoms with E-state index >= 15 is 0 Å². The molecule has 0 spiro atoms. The molecule has 1 heteroatoms. The first-order valence-corrected chi connectivity index (χ1v) is 6.94. The van der Waals surface area contributed by atoms with Gasteiger partial charge in [0.25, 0.3) is 0 Å². The summed E-state index contributed by atoms with van der Waals surface area (Å²) in [6.45, 7) is 2.14. The molecule has 0 N–H and O–H groups in total. The highest BCUT2D eigenvalue weighted by molar-refractivity contribution is 6.18. The van der Waals surface area contributed by atoms with E-state index in [1.807, 2.05) is 0 Å². The molecule has 2 rings (SSSR count). The number of hydrogen-bond donors (Lipinski definition) is 0. The van der Waals surface area contributed by atoms with Gasteiger partial charge in [0.05, 0.1) is 0 Å². The quantitative estimate of drug-likeness (QED) is 0.672. The van der Waals surface area contributed by atoms with Crippen LogP contribution in [0.15, 0.2) is 24.3 Å². The average molecular weight is 237 g/mol. The molecule has 0 aliphatic heterocycles. The van der Waals surface area contributed by atoms with Gasteiger partial charge in [0.1, 0.15) is 0 Å². The van der Waals surface area contributed by atoms with Crippen LogP contribution in [0.1, 0.15) is 36.8 Å². The molecule has 1 aromatic carbocycles. The van der Waals surface area contributed by atoms with Crippen LogP contribution in [0.4, 0.5) is 0 Å². The van der Waals surface area contributed by atoms with Crippen molar-refractivity contribution < 1.29 is 0 Å². The molecule has 1 unspecified atom stereocenters. The lowest BCUT2D eigenvalue weighted by Crippen LogP contribution is -2.16. The van der Waals surface area contributed by atoms with Crippen molar-refractivity contribution in [2.75, 3.05) is 5.88 Å². The van der Waals surface area contributed by atoms with Crippen molar-refractivity contribution in [3.63, 3.8) is 0 Å². The van der Waals surface area contributed by atoms with Gasteiger partial charge in [0, 0.05) is 5.88 Å². The molecule has 0 saturated heterocycles. The molecule has 0 aromatic heterocycles. The van der Waals surface area contributed by atoms with Crippen LogP contribution in [-0.2, 0) is 6.42 Å². The first-order valence-electron chi connectivity index (χ1n) is 6.41. The second-order valence-corrected chi connectivity index (χ2v) is 5.46. The van der Waals surface area contributed by atoms with Crippen LogP contribution < -0.4 is 0 Å². The lowest BCUT2D eigenvalue weighted by atomic mass is 9.87. The molecule has 1 fully saturated rings. The minimum absolute atomic E-state index is 0.687. The fourth-order valence-electron chi connectivity index (χ4n) is 2.80. The molecule has 0 radical (unpaired) electrons. The zero-order chi connectivity index (χ0) is 11.4. The van der Waals surface area contributed by atoms with Crippen LogP contribution in [0.3, 0.4) is 0 Å².